The molecule has 0 aliphatic rings. The average molecular weight is 234 g/mol. The highest BCUT2D eigenvalue weighted by atomic mass is 33.1. The van der Waals surface area contributed by atoms with Crippen molar-refractivity contribution >= 4 is 38.6 Å². The monoisotopic (exact) mass is 234 g/mol. The van der Waals surface area contributed by atoms with Crippen LogP contribution >= 0.6 is 17.9 Å². The highest BCUT2D eigenvalue weighted by molar-refractivity contribution is 8.64. The van der Waals surface area contributed by atoms with E-state index in [0.717, 1.165) is 12.3 Å². The second-order valence-corrected chi connectivity index (χ2v) is 6.99. The smallest absolute Gasteiger partial charge is 0.118 e. The lowest BCUT2D eigenvalue weighted by molar-refractivity contribution is 0.414. The molecule has 0 fully saturated rings. The predicted molar refractivity (Wildman–Crippen MR) is 60.5 cm³/mol. The first-order chi connectivity index (χ1) is 5.86. The molecule has 1 rings (SSSR count). The van der Waals surface area contributed by atoms with Crippen LogP contribution in [-0.2, 0) is 20.7 Å². The molecule has 0 saturated heterocycles. The molecule has 1 aromatic carbocycles. The molecule has 0 unspecified atom stereocenters. The number of hydrogen-bond donors (Lipinski definition) is 0. The molecule has 0 aliphatic heterocycles. The maximum absolute atomic E-state index is 5.04. The van der Waals surface area contributed by atoms with Crippen LogP contribution in [0.25, 0.3) is 0 Å². The van der Waals surface area contributed by atoms with Crippen LogP contribution < -0.4 is 4.74 Å². The zero-order valence-corrected chi connectivity index (χ0v) is 9.73. The molecule has 0 atom stereocenters. The van der Waals surface area contributed by atoms with Crippen LogP contribution in [0.2, 0.25) is 0 Å². The van der Waals surface area contributed by atoms with Gasteiger partial charge in [-0.15, -0.1) is 0 Å². The summed E-state index contributed by atoms with van der Waals surface area (Å²) in [6.45, 7) is 1.14. The number of rotatable bonds is 3. The van der Waals surface area contributed by atoms with Crippen LogP contribution in [0.15, 0.2) is 29.2 Å². The van der Waals surface area contributed by atoms with Crippen LogP contribution in [0.5, 0.6) is 5.75 Å². The molecule has 64 valence electrons. The maximum Gasteiger partial charge on any atom is 0.118 e. The van der Waals surface area contributed by atoms with Gasteiger partial charge in [-0.1, -0.05) is 11.4 Å². The van der Waals surface area contributed by atoms with Crippen molar-refractivity contribution in [2.75, 3.05) is 7.11 Å². The standard InChI is InChI=1S/C7H7OPS3/c1-8-6-2-4-7(5-3-6)11-9-12-10/h2-5H,1H3. The van der Waals surface area contributed by atoms with Crippen molar-refractivity contribution in [1.29, 1.82) is 0 Å². The number of methoxy groups -OCH3 is 1. The topological polar surface area (TPSA) is 9.23 Å². The van der Waals surface area contributed by atoms with Crippen LogP contribution in [0.4, 0.5) is 0 Å². The van der Waals surface area contributed by atoms with Crippen LogP contribution in [0, 0.1) is 0 Å². The molecule has 12 heavy (non-hydrogen) atoms. The first-order valence-corrected chi connectivity index (χ1v) is 7.83. The molecule has 0 amide bonds. The van der Waals surface area contributed by atoms with Crippen molar-refractivity contribution in [3.63, 3.8) is 0 Å². The lowest BCUT2D eigenvalue weighted by atomic mass is 10.3. The second-order valence-electron chi connectivity index (χ2n) is 1.92. The molecule has 0 radical (unpaired) electrons. The van der Waals surface area contributed by atoms with Crippen LogP contribution in [0.3, 0.4) is 0 Å². The van der Waals surface area contributed by atoms with E-state index in [4.69, 9.17) is 15.9 Å². The van der Waals surface area contributed by atoms with Gasteiger partial charge in [0, 0.05) is 11.5 Å². The Labute approximate surface area is 85.3 Å². The molecular weight excluding hydrogens is 227 g/mol. The van der Waals surface area contributed by atoms with Gasteiger partial charge in [0.2, 0.25) is 0 Å². The Morgan fingerprint density at radius 2 is 2.00 bits per heavy atom. The van der Waals surface area contributed by atoms with E-state index in [9.17, 15) is 0 Å². The lowest BCUT2D eigenvalue weighted by Gasteiger charge is -1.98. The Kier molecular flexibility index (Phi) is 4.84. The van der Waals surface area contributed by atoms with Crippen molar-refractivity contribution < 1.29 is 4.74 Å². The van der Waals surface area contributed by atoms with Gasteiger partial charge >= 0.3 is 0 Å². The minimum atomic E-state index is 0.891. The van der Waals surface area contributed by atoms with E-state index >= 15 is 0 Å². The highest BCUT2D eigenvalue weighted by Gasteiger charge is 1.91. The summed E-state index contributed by atoms with van der Waals surface area (Å²) >= 11 is 6.47. The minimum Gasteiger partial charge on any atom is -0.497 e. The van der Waals surface area contributed by atoms with Gasteiger partial charge in [-0.3, -0.25) is 0 Å². The first-order valence-electron chi connectivity index (χ1n) is 3.17. The molecule has 0 spiro atoms. The fourth-order valence-corrected chi connectivity index (χ4v) is 3.65. The van der Waals surface area contributed by atoms with Gasteiger partial charge in [0.05, 0.1) is 7.11 Å². The number of benzene rings is 1. The lowest BCUT2D eigenvalue weighted by Crippen LogP contribution is -1.80. The number of ether oxygens (including phenoxy) is 1. The molecule has 0 N–H and O–H groups in total. The summed E-state index contributed by atoms with van der Waals surface area (Å²) in [6.07, 6.45) is 0. The third-order valence-corrected chi connectivity index (χ3v) is 5.75. The fraction of sp³-hybridized carbons (Fsp3) is 0.143. The van der Waals surface area contributed by atoms with Gasteiger partial charge < -0.3 is 4.74 Å². The normalized spacial score (nSPS) is 9.75. The second kappa shape index (κ2) is 5.70. The van der Waals surface area contributed by atoms with Gasteiger partial charge in [0.25, 0.3) is 0 Å². The predicted octanol–water partition coefficient (Wildman–Crippen LogP) is 3.11. The molecule has 1 nitrogen and oxygen atoms in total. The van der Waals surface area contributed by atoms with E-state index in [1.165, 1.54) is 14.4 Å². The summed E-state index contributed by atoms with van der Waals surface area (Å²) in [5.41, 5.74) is 0. The quantitative estimate of drug-likeness (QED) is 0.744. The molecule has 0 saturated carbocycles. The molecule has 5 heteroatoms. The molecular formula is C7H7OPS3. The molecule has 0 heterocycles. The van der Waals surface area contributed by atoms with E-state index in [-0.39, 0.29) is 0 Å². The van der Waals surface area contributed by atoms with Crippen molar-refractivity contribution in [3.05, 3.63) is 24.3 Å². The van der Waals surface area contributed by atoms with E-state index in [1.807, 2.05) is 24.3 Å². The van der Waals surface area contributed by atoms with E-state index in [0.29, 0.717) is 0 Å². The molecule has 0 aromatic heterocycles. The summed E-state index contributed by atoms with van der Waals surface area (Å²) in [4.78, 5) is 1.22. The summed E-state index contributed by atoms with van der Waals surface area (Å²) in [5, 5.41) is 0. The zero-order valence-electron chi connectivity index (χ0n) is 6.39. The van der Waals surface area contributed by atoms with Gasteiger partial charge in [0.1, 0.15) is 5.75 Å². The van der Waals surface area contributed by atoms with Gasteiger partial charge in [-0.2, -0.15) is 0 Å². The van der Waals surface area contributed by atoms with Crippen LogP contribution in [0.1, 0.15) is 0 Å². The Morgan fingerprint density at radius 1 is 1.33 bits per heavy atom. The Hall–Kier alpha value is 0.110. The highest BCUT2D eigenvalue weighted by Crippen LogP contribution is 2.30. The Balaban J connectivity index is 2.70. The molecule has 1 aromatic rings. The van der Waals surface area contributed by atoms with E-state index in [2.05, 4.69) is 0 Å². The van der Waals surface area contributed by atoms with Crippen LogP contribution in [-0.4, -0.2) is 7.11 Å². The minimum absolute atomic E-state index is 0.891. The van der Waals surface area contributed by atoms with E-state index < -0.39 is 0 Å². The Morgan fingerprint density at radius 3 is 2.50 bits per heavy atom. The summed E-state index contributed by atoms with van der Waals surface area (Å²) in [5.74, 6) is 0.891. The summed E-state index contributed by atoms with van der Waals surface area (Å²) in [7, 11) is 3.06. The van der Waals surface area contributed by atoms with Crippen molar-refractivity contribution in [1.82, 2.24) is 0 Å². The van der Waals surface area contributed by atoms with Crippen molar-refractivity contribution in [2.24, 2.45) is 0 Å². The SMILES string of the molecule is COc1ccc(SP=S=S)cc1. The fourth-order valence-electron chi connectivity index (χ4n) is 0.695. The van der Waals surface area contributed by atoms with Gasteiger partial charge in [0.15, 0.2) is 0 Å². The third-order valence-electron chi connectivity index (χ3n) is 1.23. The molecule has 0 bridgehead atoms. The first kappa shape index (κ1) is 10.2. The third kappa shape index (κ3) is 3.23. The summed E-state index contributed by atoms with van der Waals surface area (Å²) in [6, 6.07) is 7.96. The number of hydrogen-bond acceptors (Lipinski definition) is 3. The van der Waals surface area contributed by atoms with Crippen molar-refractivity contribution in [2.45, 2.75) is 4.90 Å². The Bertz CT molecular complexity index is 292. The van der Waals surface area contributed by atoms with Crippen molar-refractivity contribution in [3.8, 4) is 5.75 Å². The maximum atomic E-state index is 5.04. The van der Waals surface area contributed by atoms with E-state index in [1.54, 1.807) is 18.5 Å². The average Bonchev–Trinajstić information content (AvgIpc) is 2.15. The zero-order chi connectivity index (χ0) is 8.81. The molecule has 0 aliphatic carbocycles. The summed E-state index contributed by atoms with van der Waals surface area (Å²) < 4.78 is 5.04. The largest absolute Gasteiger partial charge is 0.497 e. The van der Waals surface area contributed by atoms with Gasteiger partial charge in [-0.25, -0.2) is 0 Å². The van der Waals surface area contributed by atoms with Gasteiger partial charge in [-0.05, 0) is 45.0 Å².